The van der Waals surface area contributed by atoms with Gasteiger partial charge >= 0.3 is 5.97 Å². The first-order valence-corrected chi connectivity index (χ1v) is 8.67. The number of rotatable bonds is 4. The fraction of sp³-hybridized carbons (Fsp3) is 0.182. The van der Waals surface area contributed by atoms with Gasteiger partial charge in [0.05, 0.1) is 18.1 Å². The van der Waals surface area contributed by atoms with Crippen LogP contribution in [-0.2, 0) is 14.3 Å². The third-order valence-corrected chi connectivity index (χ3v) is 4.45. The average Bonchev–Trinajstić information content (AvgIpc) is 2.68. The van der Waals surface area contributed by atoms with Gasteiger partial charge in [-0.1, -0.05) is 54.6 Å². The van der Waals surface area contributed by atoms with Gasteiger partial charge in [0.2, 0.25) is 5.88 Å². The molecule has 0 spiro atoms. The van der Waals surface area contributed by atoms with E-state index in [1.165, 1.54) is 0 Å². The lowest BCUT2D eigenvalue weighted by molar-refractivity contribution is -0.139. The molecule has 1 aliphatic heterocycles. The Morgan fingerprint density at radius 3 is 2.37 bits per heavy atom. The molecule has 136 valence electrons. The Bertz CT molecular complexity index is 951. The van der Waals surface area contributed by atoms with Crippen molar-refractivity contribution >= 4 is 5.97 Å². The molecule has 1 atom stereocenters. The Kier molecular flexibility index (Phi) is 5.28. The lowest BCUT2D eigenvalue weighted by atomic mass is 9.82. The van der Waals surface area contributed by atoms with Crippen LogP contribution in [-0.4, -0.2) is 12.6 Å². The van der Waals surface area contributed by atoms with Crippen molar-refractivity contribution in [2.75, 3.05) is 6.61 Å². The monoisotopic (exact) mass is 360 g/mol. The van der Waals surface area contributed by atoms with Crippen LogP contribution in [0.15, 0.2) is 77.4 Å². The van der Waals surface area contributed by atoms with Crippen molar-refractivity contribution in [3.05, 3.63) is 82.9 Å². The van der Waals surface area contributed by atoms with Gasteiger partial charge in [0.15, 0.2) is 0 Å². The van der Waals surface area contributed by atoms with E-state index in [-0.39, 0.29) is 18.1 Å². The number of hydrogen-bond acceptors (Lipinski definition) is 5. The number of carbonyl (C=O) groups is 1. The molecule has 1 aliphatic rings. The van der Waals surface area contributed by atoms with Gasteiger partial charge in [-0.25, -0.2) is 4.79 Å². The smallest absolute Gasteiger partial charge is 0.338 e. The van der Waals surface area contributed by atoms with E-state index in [1.54, 1.807) is 13.8 Å². The number of carbonyl (C=O) groups excluding carboxylic acids is 1. The SMILES string of the molecule is CCOC(=O)C1=C(C)OC(N)=C(C#N)[C@@H]1c1ccc(-c2ccccc2)cc1. The zero-order chi connectivity index (χ0) is 19.4. The summed E-state index contributed by atoms with van der Waals surface area (Å²) in [6.45, 7) is 3.62. The summed E-state index contributed by atoms with van der Waals surface area (Å²) in [5.74, 6) is -0.762. The lowest BCUT2D eigenvalue weighted by Gasteiger charge is -2.27. The molecule has 0 unspecified atom stereocenters. The number of esters is 1. The highest BCUT2D eigenvalue weighted by atomic mass is 16.5. The highest BCUT2D eigenvalue weighted by molar-refractivity contribution is 5.92. The summed E-state index contributed by atoms with van der Waals surface area (Å²) < 4.78 is 10.6. The van der Waals surface area contributed by atoms with Gasteiger partial charge in [-0.15, -0.1) is 0 Å². The van der Waals surface area contributed by atoms with E-state index < -0.39 is 11.9 Å². The molecule has 0 saturated carbocycles. The molecule has 0 aliphatic carbocycles. The molecule has 27 heavy (non-hydrogen) atoms. The molecule has 2 N–H and O–H groups in total. The van der Waals surface area contributed by atoms with E-state index >= 15 is 0 Å². The zero-order valence-corrected chi connectivity index (χ0v) is 15.2. The first-order chi connectivity index (χ1) is 13.1. The standard InChI is InChI=1S/C22H20N2O3/c1-3-26-22(25)19-14(2)27-21(24)18(13-23)20(19)17-11-9-16(10-12-17)15-7-5-4-6-8-15/h4-12,20H,3,24H2,1-2H3/t20-/m0/s1. The van der Waals surface area contributed by atoms with Gasteiger partial charge in [0.1, 0.15) is 17.4 Å². The highest BCUT2D eigenvalue weighted by Gasteiger charge is 2.36. The van der Waals surface area contributed by atoms with Crippen molar-refractivity contribution in [2.24, 2.45) is 5.73 Å². The molecule has 0 amide bonds. The van der Waals surface area contributed by atoms with Gasteiger partial charge in [-0.05, 0) is 30.5 Å². The molecule has 0 radical (unpaired) electrons. The van der Waals surface area contributed by atoms with Gasteiger partial charge in [0.25, 0.3) is 0 Å². The van der Waals surface area contributed by atoms with E-state index in [1.807, 2.05) is 54.6 Å². The van der Waals surface area contributed by atoms with E-state index in [2.05, 4.69) is 6.07 Å². The zero-order valence-electron chi connectivity index (χ0n) is 15.2. The molecule has 0 aromatic heterocycles. The second-order valence-corrected chi connectivity index (χ2v) is 6.10. The fourth-order valence-electron chi connectivity index (χ4n) is 3.19. The van der Waals surface area contributed by atoms with Crippen molar-refractivity contribution in [1.82, 2.24) is 0 Å². The van der Waals surface area contributed by atoms with Crippen LogP contribution in [0.1, 0.15) is 25.3 Å². The summed E-state index contributed by atoms with van der Waals surface area (Å²) in [5, 5.41) is 9.60. The number of allylic oxidation sites excluding steroid dienone is 2. The normalized spacial score (nSPS) is 16.6. The number of nitriles is 1. The Morgan fingerprint density at radius 2 is 1.78 bits per heavy atom. The van der Waals surface area contributed by atoms with Gasteiger partial charge < -0.3 is 15.2 Å². The molecule has 0 bridgehead atoms. The Labute approximate surface area is 158 Å². The summed E-state index contributed by atoms with van der Waals surface area (Å²) in [6, 6.07) is 19.8. The molecule has 3 rings (SSSR count). The van der Waals surface area contributed by atoms with Gasteiger partial charge in [0, 0.05) is 0 Å². The maximum absolute atomic E-state index is 12.5. The Morgan fingerprint density at radius 1 is 1.15 bits per heavy atom. The van der Waals surface area contributed by atoms with Crippen molar-refractivity contribution in [2.45, 2.75) is 19.8 Å². The van der Waals surface area contributed by atoms with Gasteiger partial charge in [-0.2, -0.15) is 5.26 Å². The van der Waals surface area contributed by atoms with Crippen LogP contribution < -0.4 is 5.73 Å². The summed E-state index contributed by atoms with van der Waals surface area (Å²) in [7, 11) is 0. The van der Waals surface area contributed by atoms with Crippen LogP contribution in [0.4, 0.5) is 0 Å². The minimum Gasteiger partial charge on any atom is -0.463 e. The van der Waals surface area contributed by atoms with Crippen molar-refractivity contribution in [1.29, 1.82) is 5.26 Å². The second-order valence-electron chi connectivity index (χ2n) is 6.10. The van der Waals surface area contributed by atoms with Crippen LogP contribution in [0.3, 0.4) is 0 Å². The molecule has 2 aromatic carbocycles. The van der Waals surface area contributed by atoms with E-state index in [4.69, 9.17) is 15.2 Å². The third kappa shape index (κ3) is 3.56. The molecule has 0 fully saturated rings. The maximum Gasteiger partial charge on any atom is 0.338 e. The quantitative estimate of drug-likeness (QED) is 0.833. The number of nitrogens with zero attached hydrogens (tertiary/aromatic N) is 1. The minimum absolute atomic E-state index is 0.0141. The molecule has 1 heterocycles. The molecular weight excluding hydrogens is 340 g/mol. The minimum atomic E-state index is -0.618. The number of benzene rings is 2. The van der Waals surface area contributed by atoms with Crippen LogP contribution in [0, 0.1) is 11.3 Å². The van der Waals surface area contributed by atoms with Crippen molar-refractivity contribution < 1.29 is 14.3 Å². The number of nitrogens with two attached hydrogens (primary N) is 1. The van der Waals surface area contributed by atoms with Crippen molar-refractivity contribution in [3.63, 3.8) is 0 Å². The summed E-state index contributed by atoms with van der Waals surface area (Å²) >= 11 is 0. The van der Waals surface area contributed by atoms with Crippen LogP contribution in [0.5, 0.6) is 0 Å². The Hall–Kier alpha value is -3.52. The van der Waals surface area contributed by atoms with Crippen molar-refractivity contribution in [3.8, 4) is 17.2 Å². The Balaban J connectivity index is 2.06. The van der Waals surface area contributed by atoms with E-state index in [0.717, 1.165) is 16.7 Å². The third-order valence-electron chi connectivity index (χ3n) is 4.45. The topological polar surface area (TPSA) is 85.3 Å². The van der Waals surface area contributed by atoms with Gasteiger partial charge in [-0.3, -0.25) is 0 Å². The van der Waals surface area contributed by atoms with Crippen LogP contribution in [0.25, 0.3) is 11.1 Å². The molecule has 2 aromatic rings. The predicted octanol–water partition coefficient (Wildman–Crippen LogP) is 4.00. The summed E-state index contributed by atoms with van der Waals surface area (Å²) in [5.41, 5.74) is 9.33. The van der Waals surface area contributed by atoms with E-state index in [9.17, 15) is 10.1 Å². The first-order valence-electron chi connectivity index (χ1n) is 8.67. The molecular formula is C22H20N2O3. The van der Waals surface area contributed by atoms with Crippen LogP contribution in [0.2, 0.25) is 0 Å². The lowest BCUT2D eigenvalue weighted by Crippen LogP contribution is -2.25. The largest absolute Gasteiger partial charge is 0.463 e. The number of hydrogen-bond donors (Lipinski definition) is 1. The molecule has 5 nitrogen and oxygen atoms in total. The number of ether oxygens (including phenoxy) is 2. The maximum atomic E-state index is 12.5. The highest BCUT2D eigenvalue weighted by Crippen LogP contribution is 2.40. The fourth-order valence-corrected chi connectivity index (χ4v) is 3.19. The summed E-state index contributed by atoms with van der Waals surface area (Å²) in [4.78, 5) is 12.5. The van der Waals surface area contributed by atoms with E-state index in [0.29, 0.717) is 11.3 Å². The molecule has 0 saturated heterocycles. The second kappa shape index (κ2) is 7.79. The molecule has 5 heteroatoms. The average molecular weight is 360 g/mol. The predicted molar refractivity (Wildman–Crippen MR) is 102 cm³/mol. The first kappa shape index (κ1) is 18.3. The summed E-state index contributed by atoms with van der Waals surface area (Å²) in [6.07, 6.45) is 0. The van der Waals surface area contributed by atoms with Crippen LogP contribution >= 0.6 is 0 Å².